The van der Waals surface area contributed by atoms with Crippen molar-refractivity contribution in [3.8, 4) is 0 Å². The molecule has 2 saturated carbocycles. The van der Waals surface area contributed by atoms with Crippen LogP contribution in [0.25, 0.3) is 0 Å². The highest BCUT2D eigenvalue weighted by molar-refractivity contribution is 5.97. The molecular formula is C18H29N5O. The molecule has 2 aliphatic carbocycles. The Labute approximate surface area is 144 Å². The molecule has 6 heteroatoms. The molecule has 1 heterocycles. The summed E-state index contributed by atoms with van der Waals surface area (Å²) in [6.07, 6.45) is 12.3. The fraction of sp³-hybridized carbons (Fsp3) is 0.722. The van der Waals surface area contributed by atoms with Crippen LogP contribution in [0.2, 0.25) is 0 Å². The third-order valence-corrected chi connectivity index (χ3v) is 5.35. The summed E-state index contributed by atoms with van der Waals surface area (Å²) < 4.78 is 0. The van der Waals surface area contributed by atoms with Crippen molar-refractivity contribution >= 4 is 17.7 Å². The number of nitrogens with one attached hydrogen (secondary N) is 2. The van der Waals surface area contributed by atoms with Crippen molar-refractivity contribution in [2.45, 2.75) is 76.8 Å². The average Bonchev–Trinajstić information content (AvgIpc) is 2.58. The Morgan fingerprint density at radius 1 is 1.04 bits per heavy atom. The Bertz CT molecular complexity index is 563. The van der Waals surface area contributed by atoms with Crippen LogP contribution in [0.15, 0.2) is 6.20 Å². The van der Waals surface area contributed by atoms with Crippen LogP contribution in [0.3, 0.4) is 0 Å². The van der Waals surface area contributed by atoms with Crippen LogP contribution in [0.4, 0.5) is 11.8 Å². The summed E-state index contributed by atoms with van der Waals surface area (Å²) in [5.41, 5.74) is 5.87. The SMILES string of the molecule is CC1CCC(Nc2nc(NC3CCCCC3)ncc2C(N)=O)CC1. The first-order valence-corrected chi connectivity index (χ1v) is 9.31. The Hall–Kier alpha value is -1.85. The summed E-state index contributed by atoms with van der Waals surface area (Å²) >= 11 is 0. The molecule has 132 valence electrons. The largest absolute Gasteiger partial charge is 0.367 e. The van der Waals surface area contributed by atoms with Crippen molar-refractivity contribution in [1.29, 1.82) is 0 Å². The number of primary amides is 1. The number of carbonyl (C=O) groups excluding carboxylic acids is 1. The smallest absolute Gasteiger partial charge is 0.254 e. The molecule has 1 aromatic rings. The van der Waals surface area contributed by atoms with Gasteiger partial charge in [-0.05, 0) is 44.4 Å². The molecule has 0 bridgehead atoms. The number of hydrogen-bond acceptors (Lipinski definition) is 5. The van der Waals surface area contributed by atoms with E-state index in [0.717, 1.165) is 31.6 Å². The highest BCUT2D eigenvalue weighted by Gasteiger charge is 2.22. The lowest BCUT2D eigenvalue weighted by Gasteiger charge is -2.28. The van der Waals surface area contributed by atoms with Crippen molar-refractivity contribution in [3.05, 3.63) is 11.8 Å². The van der Waals surface area contributed by atoms with Gasteiger partial charge in [0, 0.05) is 18.3 Å². The van der Waals surface area contributed by atoms with Crippen LogP contribution < -0.4 is 16.4 Å². The fourth-order valence-corrected chi connectivity index (χ4v) is 3.77. The van der Waals surface area contributed by atoms with E-state index in [1.165, 1.54) is 32.1 Å². The third kappa shape index (κ3) is 4.36. The summed E-state index contributed by atoms with van der Waals surface area (Å²) in [6.45, 7) is 2.29. The van der Waals surface area contributed by atoms with Crippen molar-refractivity contribution in [1.82, 2.24) is 9.97 Å². The molecule has 0 aliphatic heterocycles. The number of nitrogens with zero attached hydrogens (tertiary/aromatic N) is 2. The zero-order valence-electron chi connectivity index (χ0n) is 14.6. The van der Waals surface area contributed by atoms with Crippen LogP contribution in [-0.2, 0) is 0 Å². The minimum absolute atomic E-state index is 0.358. The van der Waals surface area contributed by atoms with Crippen LogP contribution in [0, 0.1) is 5.92 Å². The van der Waals surface area contributed by atoms with Crippen molar-refractivity contribution in [2.75, 3.05) is 10.6 Å². The minimum Gasteiger partial charge on any atom is -0.367 e. The van der Waals surface area contributed by atoms with Crippen molar-refractivity contribution in [3.63, 3.8) is 0 Å². The van der Waals surface area contributed by atoms with E-state index < -0.39 is 5.91 Å². The number of anilines is 2. The predicted molar refractivity (Wildman–Crippen MR) is 96.1 cm³/mol. The molecule has 2 fully saturated rings. The van der Waals surface area contributed by atoms with Crippen LogP contribution in [0.1, 0.15) is 75.1 Å². The zero-order chi connectivity index (χ0) is 16.9. The van der Waals surface area contributed by atoms with Gasteiger partial charge in [-0.2, -0.15) is 4.98 Å². The highest BCUT2D eigenvalue weighted by Crippen LogP contribution is 2.27. The first-order chi connectivity index (χ1) is 11.6. The Balaban J connectivity index is 1.71. The second kappa shape index (κ2) is 7.81. The van der Waals surface area contributed by atoms with E-state index in [9.17, 15) is 4.79 Å². The first kappa shape index (κ1) is 17.0. The molecule has 4 N–H and O–H groups in total. The maximum absolute atomic E-state index is 11.7. The monoisotopic (exact) mass is 331 g/mol. The Morgan fingerprint density at radius 2 is 1.71 bits per heavy atom. The normalized spacial score (nSPS) is 25.2. The molecule has 2 aliphatic rings. The van der Waals surface area contributed by atoms with Gasteiger partial charge in [0.25, 0.3) is 5.91 Å². The van der Waals surface area contributed by atoms with Gasteiger partial charge in [0.05, 0.1) is 5.56 Å². The molecule has 24 heavy (non-hydrogen) atoms. The standard InChI is InChI=1S/C18H29N5O/c1-12-7-9-14(10-8-12)21-17-15(16(19)24)11-20-18(23-17)22-13-5-3-2-4-6-13/h11-14H,2-10H2,1H3,(H2,19,24)(H2,20,21,22,23). The maximum Gasteiger partial charge on any atom is 0.254 e. The summed E-state index contributed by atoms with van der Waals surface area (Å²) in [5.74, 6) is 1.48. The van der Waals surface area contributed by atoms with E-state index in [1.54, 1.807) is 6.20 Å². The quantitative estimate of drug-likeness (QED) is 0.769. The summed E-state index contributed by atoms with van der Waals surface area (Å²) in [5, 5.41) is 6.85. The van der Waals surface area contributed by atoms with E-state index in [4.69, 9.17) is 5.73 Å². The minimum atomic E-state index is -0.481. The zero-order valence-corrected chi connectivity index (χ0v) is 14.6. The van der Waals surface area contributed by atoms with Gasteiger partial charge in [-0.15, -0.1) is 0 Å². The molecule has 0 unspecified atom stereocenters. The van der Waals surface area contributed by atoms with Gasteiger partial charge in [-0.1, -0.05) is 26.2 Å². The molecule has 0 aromatic carbocycles. The van der Waals surface area contributed by atoms with E-state index in [1.807, 2.05) is 0 Å². The lowest BCUT2D eigenvalue weighted by Crippen LogP contribution is -2.28. The summed E-state index contributed by atoms with van der Waals surface area (Å²) in [6, 6.07) is 0.790. The van der Waals surface area contributed by atoms with Gasteiger partial charge in [0.1, 0.15) is 5.82 Å². The summed E-state index contributed by atoms with van der Waals surface area (Å²) in [4.78, 5) is 20.6. The molecular weight excluding hydrogens is 302 g/mol. The van der Waals surface area contributed by atoms with Gasteiger partial charge < -0.3 is 16.4 Å². The van der Waals surface area contributed by atoms with Gasteiger partial charge in [0.15, 0.2) is 0 Å². The highest BCUT2D eigenvalue weighted by atomic mass is 16.1. The molecule has 6 nitrogen and oxygen atoms in total. The average molecular weight is 331 g/mol. The van der Waals surface area contributed by atoms with Crippen LogP contribution in [-0.4, -0.2) is 28.0 Å². The van der Waals surface area contributed by atoms with Gasteiger partial charge in [-0.25, -0.2) is 4.98 Å². The molecule has 1 amide bonds. The van der Waals surface area contributed by atoms with E-state index in [-0.39, 0.29) is 0 Å². The molecule has 0 saturated heterocycles. The molecule has 3 rings (SSSR count). The van der Waals surface area contributed by atoms with Crippen molar-refractivity contribution < 1.29 is 4.79 Å². The summed E-state index contributed by atoms with van der Waals surface area (Å²) in [7, 11) is 0. The van der Waals surface area contributed by atoms with Crippen molar-refractivity contribution in [2.24, 2.45) is 11.7 Å². The van der Waals surface area contributed by atoms with Gasteiger partial charge in [-0.3, -0.25) is 4.79 Å². The molecule has 1 aromatic heterocycles. The Morgan fingerprint density at radius 3 is 2.38 bits per heavy atom. The second-order valence-corrected chi connectivity index (χ2v) is 7.40. The Kier molecular flexibility index (Phi) is 5.53. The number of hydrogen-bond donors (Lipinski definition) is 3. The number of nitrogens with two attached hydrogens (primary N) is 1. The number of amides is 1. The van der Waals surface area contributed by atoms with E-state index in [2.05, 4.69) is 27.5 Å². The number of carbonyl (C=O) groups is 1. The fourth-order valence-electron chi connectivity index (χ4n) is 3.77. The lowest BCUT2D eigenvalue weighted by atomic mass is 9.87. The van der Waals surface area contributed by atoms with Gasteiger partial charge >= 0.3 is 0 Å². The lowest BCUT2D eigenvalue weighted by molar-refractivity contribution is 0.100. The molecule has 0 spiro atoms. The second-order valence-electron chi connectivity index (χ2n) is 7.40. The van der Waals surface area contributed by atoms with Crippen LogP contribution in [0.5, 0.6) is 0 Å². The first-order valence-electron chi connectivity index (χ1n) is 9.31. The maximum atomic E-state index is 11.7. The van der Waals surface area contributed by atoms with Gasteiger partial charge in [0.2, 0.25) is 5.95 Å². The van der Waals surface area contributed by atoms with E-state index >= 15 is 0 Å². The van der Waals surface area contributed by atoms with Crippen LogP contribution >= 0.6 is 0 Å². The molecule has 0 radical (unpaired) electrons. The van der Waals surface area contributed by atoms with E-state index in [0.29, 0.717) is 29.4 Å². The number of aromatic nitrogens is 2. The predicted octanol–water partition coefficient (Wildman–Crippen LogP) is 3.31. The third-order valence-electron chi connectivity index (χ3n) is 5.35. The number of rotatable bonds is 5. The topological polar surface area (TPSA) is 92.9 Å². The molecule has 0 atom stereocenters.